The molecule has 3 heteroatoms. The number of fused-ring (bicyclic) bond motifs is 1. The van der Waals surface area contributed by atoms with Crippen molar-refractivity contribution < 1.29 is 4.74 Å². The molecule has 0 radical (unpaired) electrons. The van der Waals surface area contributed by atoms with Gasteiger partial charge in [-0.3, -0.25) is 0 Å². The molecule has 21 heavy (non-hydrogen) atoms. The van der Waals surface area contributed by atoms with Gasteiger partial charge in [-0.1, -0.05) is 26.0 Å². The Morgan fingerprint density at radius 3 is 2.95 bits per heavy atom. The van der Waals surface area contributed by atoms with E-state index in [-0.39, 0.29) is 0 Å². The number of aryl methyl sites for hydroxylation is 1. The van der Waals surface area contributed by atoms with E-state index in [4.69, 9.17) is 4.74 Å². The van der Waals surface area contributed by atoms with Crippen LogP contribution in [-0.2, 0) is 18.3 Å². The van der Waals surface area contributed by atoms with Crippen LogP contribution in [0.4, 0.5) is 0 Å². The van der Waals surface area contributed by atoms with Crippen LogP contribution in [0.25, 0.3) is 10.9 Å². The van der Waals surface area contributed by atoms with Crippen molar-refractivity contribution >= 4 is 10.9 Å². The molecule has 1 aliphatic rings. The van der Waals surface area contributed by atoms with Crippen LogP contribution in [0.5, 0.6) is 0 Å². The Kier molecular flexibility index (Phi) is 4.32. The first kappa shape index (κ1) is 14.6. The molecule has 0 amide bonds. The predicted molar refractivity (Wildman–Crippen MR) is 87.7 cm³/mol. The largest absolute Gasteiger partial charge is 0.377 e. The van der Waals surface area contributed by atoms with Gasteiger partial charge >= 0.3 is 0 Å². The quantitative estimate of drug-likeness (QED) is 0.909. The molecule has 1 N–H and O–H groups in total. The molecule has 114 valence electrons. The van der Waals surface area contributed by atoms with Gasteiger partial charge in [0, 0.05) is 43.8 Å². The maximum absolute atomic E-state index is 5.66. The van der Waals surface area contributed by atoms with Crippen molar-refractivity contribution in [3.63, 3.8) is 0 Å². The van der Waals surface area contributed by atoms with Crippen LogP contribution >= 0.6 is 0 Å². The third-order valence-electron chi connectivity index (χ3n) is 4.48. The van der Waals surface area contributed by atoms with E-state index >= 15 is 0 Å². The molecule has 0 spiro atoms. The molecular formula is C18H26N2O. The van der Waals surface area contributed by atoms with Gasteiger partial charge in [-0.25, -0.2) is 0 Å². The lowest BCUT2D eigenvalue weighted by Crippen LogP contribution is -2.25. The third-order valence-corrected chi connectivity index (χ3v) is 4.48. The highest BCUT2D eigenvalue weighted by Crippen LogP contribution is 2.25. The molecule has 0 saturated carbocycles. The number of hydrogen-bond acceptors (Lipinski definition) is 2. The SMILES string of the molecule is CC(C)c1ccc2c(CNC[C@@H]3CCCO3)cn(C)c2c1. The highest BCUT2D eigenvalue weighted by molar-refractivity contribution is 5.84. The van der Waals surface area contributed by atoms with Crippen LogP contribution in [0.1, 0.15) is 43.7 Å². The highest BCUT2D eigenvalue weighted by atomic mass is 16.5. The Hall–Kier alpha value is -1.32. The molecular weight excluding hydrogens is 260 g/mol. The van der Waals surface area contributed by atoms with E-state index in [1.807, 2.05) is 0 Å². The fraction of sp³-hybridized carbons (Fsp3) is 0.556. The molecule has 2 aromatic rings. The summed E-state index contributed by atoms with van der Waals surface area (Å²) in [6.07, 6.45) is 5.06. The number of benzene rings is 1. The monoisotopic (exact) mass is 286 g/mol. The fourth-order valence-electron chi connectivity index (χ4n) is 3.16. The summed E-state index contributed by atoms with van der Waals surface area (Å²) >= 11 is 0. The van der Waals surface area contributed by atoms with Crippen molar-refractivity contribution in [2.24, 2.45) is 7.05 Å². The topological polar surface area (TPSA) is 26.2 Å². The van der Waals surface area contributed by atoms with Crippen molar-refractivity contribution in [2.75, 3.05) is 13.2 Å². The molecule has 2 heterocycles. The normalized spacial score (nSPS) is 19.0. The van der Waals surface area contributed by atoms with Gasteiger partial charge in [-0.15, -0.1) is 0 Å². The fourth-order valence-corrected chi connectivity index (χ4v) is 3.16. The van der Waals surface area contributed by atoms with Gasteiger partial charge in [0.15, 0.2) is 0 Å². The first-order valence-electron chi connectivity index (χ1n) is 8.05. The van der Waals surface area contributed by atoms with E-state index in [1.54, 1.807) is 0 Å². The standard InChI is InChI=1S/C18H26N2O/c1-13(2)14-6-7-17-15(12-20(3)18(17)9-14)10-19-11-16-5-4-8-21-16/h6-7,9,12-13,16,19H,4-5,8,10-11H2,1-3H3/t16-/m0/s1. The van der Waals surface area contributed by atoms with Crippen LogP contribution < -0.4 is 5.32 Å². The summed E-state index contributed by atoms with van der Waals surface area (Å²) in [6.45, 7) is 7.29. The maximum atomic E-state index is 5.66. The van der Waals surface area contributed by atoms with Gasteiger partial charge in [0.2, 0.25) is 0 Å². The molecule has 1 aromatic carbocycles. The lowest BCUT2D eigenvalue weighted by molar-refractivity contribution is 0.110. The Labute approximate surface area is 127 Å². The number of nitrogens with zero attached hydrogens (tertiary/aromatic N) is 1. The summed E-state index contributed by atoms with van der Waals surface area (Å²) in [6, 6.07) is 6.86. The van der Waals surface area contributed by atoms with Gasteiger partial charge in [-0.2, -0.15) is 0 Å². The highest BCUT2D eigenvalue weighted by Gasteiger charge is 2.15. The maximum Gasteiger partial charge on any atom is 0.0700 e. The zero-order chi connectivity index (χ0) is 14.8. The average molecular weight is 286 g/mol. The van der Waals surface area contributed by atoms with Crippen molar-refractivity contribution in [1.82, 2.24) is 9.88 Å². The van der Waals surface area contributed by atoms with E-state index in [1.165, 1.54) is 34.9 Å². The van der Waals surface area contributed by atoms with E-state index < -0.39 is 0 Å². The summed E-state index contributed by atoms with van der Waals surface area (Å²) in [7, 11) is 2.13. The van der Waals surface area contributed by atoms with Crippen LogP contribution in [0.3, 0.4) is 0 Å². The second-order valence-corrected chi connectivity index (χ2v) is 6.46. The number of aromatic nitrogens is 1. The molecule has 0 bridgehead atoms. The molecule has 1 atom stereocenters. The number of nitrogens with one attached hydrogen (secondary N) is 1. The van der Waals surface area contributed by atoms with Gasteiger partial charge in [-0.05, 0) is 36.0 Å². The molecule has 0 unspecified atom stereocenters. The summed E-state index contributed by atoms with van der Waals surface area (Å²) in [5, 5.41) is 4.91. The van der Waals surface area contributed by atoms with Crippen molar-refractivity contribution in [3.8, 4) is 0 Å². The molecule has 0 aliphatic carbocycles. The minimum atomic E-state index is 0.410. The third kappa shape index (κ3) is 3.14. The Morgan fingerprint density at radius 1 is 1.38 bits per heavy atom. The lowest BCUT2D eigenvalue weighted by atomic mass is 10.0. The van der Waals surface area contributed by atoms with Gasteiger partial charge < -0.3 is 14.6 Å². The van der Waals surface area contributed by atoms with Crippen molar-refractivity contribution in [1.29, 1.82) is 0 Å². The lowest BCUT2D eigenvalue weighted by Gasteiger charge is -2.10. The summed E-state index contributed by atoms with van der Waals surface area (Å²) < 4.78 is 7.90. The van der Waals surface area contributed by atoms with Gasteiger partial charge in [0.05, 0.1) is 6.10 Å². The number of rotatable bonds is 5. The second kappa shape index (κ2) is 6.20. The van der Waals surface area contributed by atoms with Gasteiger partial charge in [0.1, 0.15) is 0 Å². The van der Waals surface area contributed by atoms with Crippen LogP contribution in [0.15, 0.2) is 24.4 Å². The summed E-state index contributed by atoms with van der Waals surface area (Å²) in [5.41, 5.74) is 4.11. The molecule has 1 aromatic heterocycles. The van der Waals surface area contributed by atoms with Crippen LogP contribution in [0.2, 0.25) is 0 Å². The number of ether oxygens (including phenoxy) is 1. The molecule has 1 saturated heterocycles. The zero-order valence-corrected chi connectivity index (χ0v) is 13.4. The average Bonchev–Trinajstić information content (AvgIpc) is 3.08. The van der Waals surface area contributed by atoms with E-state index in [0.717, 1.165) is 19.7 Å². The molecule has 1 aliphatic heterocycles. The second-order valence-electron chi connectivity index (χ2n) is 6.46. The van der Waals surface area contributed by atoms with Crippen molar-refractivity contribution in [2.45, 2.75) is 45.3 Å². The Balaban J connectivity index is 1.73. The van der Waals surface area contributed by atoms with Crippen LogP contribution in [-0.4, -0.2) is 23.8 Å². The first-order chi connectivity index (χ1) is 10.1. The summed E-state index contributed by atoms with van der Waals surface area (Å²) in [4.78, 5) is 0. The Bertz CT molecular complexity index is 609. The zero-order valence-electron chi connectivity index (χ0n) is 13.4. The summed E-state index contributed by atoms with van der Waals surface area (Å²) in [5.74, 6) is 0.574. The molecule has 3 rings (SSSR count). The van der Waals surface area contributed by atoms with Gasteiger partial charge in [0.25, 0.3) is 0 Å². The predicted octanol–water partition coefficient (Wildman–Crippen LogP) is 3.57. The molecule has 3 nitrogen and oxygen atoms in total. The van der Waals surface area contributed by atoms with E-state index in [9.17, 15) is 0 Å². The number of hydrogen-bond donors (Lipinski definition) is 1. The van der Waals surface area contributed by atoms with Crippen molar-refractivity contribution in [3.05, 3.63) is 35.5 Å². The van der Waals surface area contributed by atoms with E-state index in [2.05, 4.69) is 55.2 Å². The Morgan fingerprint density at radius 2 is 2.24 bits per heavy atom. The van der Waals surface area contributed by atoms with E-state index in [0.29, 0.717) is 12.0 Å². The molecule has 1 fully saturated rings. The first-order valence-corrected chi connectivity index (χ1v) is 8.05. The van der Waals surface area contributed by atoms with Crippen LogP contribution in [0, 0.1) is 0 Å². The minimum absolute atomic E-state index is 0.410. The smallest absolute Gasteiger partial charge is 0.0700 e. The minimum Gasteiger partial charge on any atom is -0.377 e.